The SMILES string of the molecule is COc1ccc(C2=CC(=O)CC2)cc1C1=CC(=O)CC1. The molecule has 0 fully saturated rings. The first kappa shape index (κ1) is 12.9. The summed E-state index contributed by atoms with van der Waals surface area (Å²) in [5.74, 6) is 1.13. The normalized spacial score (nSPS) is 18.2. The molecule has 20 heavy (non-hydrogen) atoms. The van der Waals surface area contributed by atoms with E-state index in [1.165, 1.54) is 0 Å². The van der Waals surface area contributed by atoms with Gasteiger partial charge in [-0.15, -0.1) is 0 Å². The number of ketones is 2. The quantitative estimate of drug-likeness (QED) is 0.845. The second-order valence-electron chi connectivity index (χ2n) is 5.19. The molecular formula is C17H16O3. The molecule has 0 aliphatic heterocycles. The summed E-state index contributed by atoms with van der Waals surface area (Å²) < 4.78 is 5.39. The minimum absolute atomic E-state index is 0.169. The molecule has 2 aliphatic carbocycles. The van der Waals surface area contributed by atoms with Gasteiger partial charge in [-0.05, 0) is 53.8 Å². The number of ether oxygens (including phenoxy) is 1. The Morgan fingerprint density at radius 3 is 2.10 bits per heavy atom. The van der Waals surface area contributed by atoms with Gasteiger partial charge in [0.25, 0.3) is 0 Å². The van der Waals surface area contributed by atoms with Gasteiger partial charge >= 0.3 is 0 Å². The van der Waals surface area contributed by atoms with Gasteiger partial charge in [0.15, 0.2) is 11.6 Å². The van der Waals surface area contributed by atoms with Crippen molar-refractivity contribution >= 4 is 22.7 Å². The molecular weight excluding hydrogens is 252 g/mol. The largest absolute Gasteiger partial charge is 0.496 e. The monoisotopic (exact) mass is 268 g/mol. The topological polar surface area (TPSA) is 43.4 Å². The molecule has 0 atom stereocenters. The average molecular weight is 268 g/mol. The molecule has 3 nitrogen and oxygen atoms in total. The maximum Gasteiger partial charge on any atom is 0.156 e. The summed E-state index contributed by atoms with van der Waals surface area (Å²) in [6.07, 6.45) is 6.15. The van der Waals surface area contributed by atoms with Crippen LogP contribution in [0.25, 0.3) is 11.1 Å². The van der Waals surface area contributed by atoms with E-state index in [0.29, 0.717) is 12.8 Å². The lowest BCUT2D eigenvalue weighted by Gasteiger charge is -2.12. The highest BCUT2D eigenvalue weighted by atomic mass is 16.5. The van der Waals surface area contributed by atoms with Crippen LogP contribution in [0.4, 0.5) is 0 Å². The van der Waals surface area contributed by atoms with E-state index in [2.05, 4.69) is 0 Å². The Balaban J connectivity index is 2.03. The number of carbonyl (C=O) groups excluding carboxylic acids is 2. The standard InChI is InChI=1S/C17H16O3/c1-20-17-7-4-12(11-2-5-14(18)8-11)10-16(17)13-3-6-15(19)9-13/h4,7-10H,2-3,5-6H2,1H3. The molecule has 3 rings (SSSR count). The Labute approximate surface area is 117 Å². The Kier molecular flexibility index (Phi) is 3.26. The van der Waals surface area contributed by atoms with Gasteiger partial charge in [0.05, 0.1) is 7.11 Å². The summed E-state index contributed by atoms with van der Waals surface area (Å²) in [6, 6.07) is 5.93. The van der Waals surface area contributed by atoms with Crippen LogP contribution < -0.4 is 4.74 Å². The van der Waals surface area contributed by atoms with E-state index in [4.69, 9.17) is 4.74 Å². The molecule has 0 heterocycles. The fourth-order valence-electron chi connectivity index (χ4n) is 2.79. The molecule has 0 aromatic heterocycles. The molecule has 1 aromatic rings. The summed E-state index contributed by atoms with van der Waals surface area (Å²) in [6.45, 7) is 0. The molecule has 3 heteroatoms. The molecule has 0 radical (unpaired) electrons. The van der Waals surface area contributed by atoms with Crippen molar-refractivity contribution in [2.24, 2.45) is 0 Å². The van der Waals surface area contributed by atoms with Crippen LogP contribution in [-0.2, 0) is 9.59 Å². The third kappa shape index (κ3) is 2.31. The van der Waals surface area contributed by atoms with Crippen LogP contribution in [-0.4, -0.2) is 18.7 Å². The number of hydrogen-bond acceptors (Lipinski definition) is 3. The smallest absolute Gasteiger partial charge is 0.156 e. The molecule has 0 saturated heterocycles. The minimum atomic E-state index is 0.169. The second-order valence-corrected chi connectivity index (χ2v) is 5.19. The van der Waals surface area contributed by atoms with Crippen molar-refractivity contribution < 1.29 is 14.3 Å². The van der Waals surface area contributed by atoms with E-state index >= 15 is 0 Å². The number of rotatable bonds is 3. The van der Waals surface area contributed by atoms with Crippen LogP contribution in [0, 0.1) is 0 Å². The molecule has 0 amide bonds. The highest BCUT2D eigenvalue weighted by Gasteiger charge is 2.19. The molecule has 0 spiro atoms. The van der Waals surface area contributed by atoms with Crippen molar-refractivity contribution in [1.82, 2.24) is 0 Å². The van der Waals surface area contributed by atoms with Crippen molar-refractivity contribution in [2.75, 3.05) is 7.11 Å². The van der Waals surface area contributed by atoms with Crippen LogP contribution in [0.1, 0.15) is 36.8 Å². The number of allylic oxidation sites excluding steroid dienone is 4. The molecule has 1 aromatic carbocycles. The second kappa shape index (κ2) is 5.08. The Morgan fingerprint density at radius 1 is 0.900 bits per heavy atom. The van der Waals surface area contributed by atoms with E-state index in [-0.39, 0.29) is 11.6 Å². The maximum atomic E-state index is 11.4. The first-order chi connectivity index (χ1) is 9.67. The Morgan fingerprint density at radius 2 is 1.55 bits per heavy atom. The van der Waals surface area contributed by atoms with Crippen molar-refractivity contribution in [3.8, 4) is 5.75 Å². The third-order valence-corrected chi connectivity index (χ3v) is 3.87. The van der Waals surface area contributed by atoms with Gasteiger partial charge in [-0.3, -0.25) is 9.59 Å². The Bertz CT molecular complexity index is 650. The van der Waals surface area contributed by atoms with Gasteiger partial charge in [0.2, 0.25) is 0 Å². The van der Waals surface area contributed by atoms with Crippen LogP contribution in [0.2, 0.25) is 0 Å². The molecule has 0 unspecified atom stereocenters. The fraction of sp³-hybridized carbons (Fsp3) is 0.294. The zero-order valence-electron chi connectivity index (χ0n) is 11.4. The first-order valence-electron chi connectivity index (χ1n) is 6.83. The van der Waals surface area contributed by atoms with E-state index in [0.717, 1.165) is 40.9 Å². The molecule has 102 valence electrons. The van der Waals surface area contributed by atoms with Crippen molar-refractivity contribution in [1.29, 1.82) is 0 Å². The predicted molar refractivity (Wildman–Crippen MR) is 77.4 cm³/mol. The van der Waals surface area contributed by atoms with Gasteiger partial charge < -0.3 is 4.74 Å². The van der Waals surface area contributed by atoms with Crippen LogP contribution in [0.15, 0.2) is 30.4 Å². The average Bonchev–Trinajstić information content (AvgIpc) is 3.07. The van der Waals surface area contributed by atoms with Gasteiger partial charge in [-0.25, -0.2) is 0 Å². The highest BCUT2D eigenvalue weighted by molar-refractivity contribution is 6.03. The van der Waals surface area contributed by atoms with E-state index in [9.17, 15) is 9.59 Å². The van der Waals surface area contributed by atoms with Crippen LogP contribution >= 0.6 is 0 Å². The van der Waals surface area contributed by atoms with Gasteiger partial charge in [0.1, 0.15) is 5.75 Å². The summed E-state index contributed by atoms with van der Waals surface area (Å²) in [5, 5.41) is 0. The van der Waals surface area contributed by atoms with Gasteiger partial charge in [0, 0.05) is 18.4 Å². The van der Waals surface area contributed by atoms with E-state index in [1.807, 2.05) is 18.2 Å². The highest BCUT2D eigenvalue weighted by Crippen LogP contribution is 2.36. The molecule has 2 aliphatic rings. The lowest BCUT2D eigenvalue weighted by molar-refractivity contribution is -0.114. The Hall–Kier alpha value is -2.16. The van der Waals surface area contributed by atoms with Crippen LogP contribution in [0.3, 0.4) is 0 Å². The van der Waals surface area contributed by atoms with Crippen molar-refractivity contribution in [3.63, 3.8) is 0 Å². The molecule has 0 N–H and O–H groups in total. The number of hydrogen-bond donors (Lipinski definition) is 0. The molecule has 0 saturated carbocycles. The molecule has 0 bridgehead atoms. The number of methoxy groups -OCH3 is 1. The van der Waals surface area contributed by atoms with E-state index in [1.54, 1.807) is 19.3 Å². The first-order valence-corrected chi connectivity index (χ1v) is 6.83. The van der Waals surface area contributed by atoms with Crippen LogP contribution in [0.5, 0.6) is 5.75 Å². The summed E-state index contributed by atoms with van der Waals surface area (Å²) in [7, 11) is 1.63. The van der Waals surface area contributed by atoms with Gasteiger partial charge in [-0.2, -0.15) is 0 Å². The zero-order chi connectivity index (χ0) is 14.1. The number of carbonyl (C=O) groups is 2. The summed E-state index contributed by atoms with van der Waals surface area (Å²) in [4.78, 5) is 22.8. The van der Waals surface area contributed by atoms with E-state index < -0.39 is 0 Å². The lowest BCUT2D eigenvalue weighted by Crippen LogP contribution is -1.93. The van der Waals surface area contributed by atoms with Gasteiger partial charge in [-0.1, -0.05) is 6.07 Å². The van der Waals surface area contributed by atoms with Crippen molar-refractivity contribution in [2.45, 2.75) is 25.7 Å². The predicted octanol–water partition coefficient (Wildman–Crippen LogP) is 3.19. The minimum Gasteiger partial charge on any atom is -0.496 e. The zero-order valence-corrected chi connectivity index (χ0v) is 11.4. The summed E-state index contributed by atoms with van der Waals surface area (Å²) in [5.41, 5.74) is 4.12. The maximum absolute atomic E-state index is 11.4. The fourth-order valence-corrected chi connectivity index (χ4v) is 2.79. The van der Waals surface area contributed by atoms with Crippen molar-refractivity contribution in [3.05, 3.63) is 41.5 Å². The number of benzene rings is 1. The lowest BCUT2D eigenvalue weighted by atomic mass is 9.97. The third-order valence-electron chi connectivity index (χ3n) is 3.87. The summed E-state index contributed by atoms with van der Waals surface area (Å²) >= 11 is 0.